The third-order valence-electron chi connectivity index (χ3n) is 3.79. The minimum absolute atomic E-state index is 0.144. The van der Waals surface area contributed by atoms with Crippen LogP contribution in [0.25, 0.3) is 0 Å². The fraction of sp³-hybridized carbons (Fsp3) is 0.316. The van der Waals surface area contributed by atoms with E-state index in [1.807, 2.05) is 0 Å². The topological polar surface area (TPSA) is 76.5 Å². The van der Waals surface area contributed by atoms with Crippen LogP contribution in [0.4, 0.5) is 13.2 Å². The number of hydrogen-bond acceptors (Lipinski definition) is 5. The number of halogens is 4. The van der Waals surface area contributed by atoms with Crippen molar-refractivity contribution in [3.63, 3.8) is 0 Å². The van der Waals surface area contributed by atoms with Gasteiger partial charge in [0.2, 0.25) is 0 Å². The number of rotatable bonds is 7. The molecule has 1 aromatic heterocycles. The number of alkyl halides is 3. The maximum absolute atomic E-state index is 12.6. The smallest absolute Gasteiger partial charge is 0.416 e. The number of esters is 1. The molecule has 2 aromatic rings. The summed E-state index contributed by atoms with van der Waals surface area (Å²) in [5, 5.41) is 10.1. The van der Waals surface area contributed by atoms with E-state index in [0.717, 1.165) is 12.1 Å². The van der Waals surface area contributed by atoms with E-state index in [4.69, 9.17) is 4.74 Å². The van der Waals surface area contributed by atoms with Crippen molar-refractivity contribution in [1.82, 2.24) is 4.98 Å². The molecule has 150 valence electrons. The van der Waals surface area contributed by atoms with Crippen LogP contribution < -0.4 is 0 Å². The van der Waals surface area contributed by atoms with E-state index in [-0.39, 0.29) is 41.8 Å². The Balaban J connectivity index is 2.18. The summed E-state index contributed by atoms with van der Waals surface area (Å²) in [6, 6.07) is 6.07. The van der Waals surface area contributed by atoms with Gasteiger partial charge in [0.05, 0.1) is 23.1 Å². The van der Waals surface area contributed by atoms with Gasteiger partial charge < -0.3 is 9.84 Å². The fourth-order valence-electron chi connectivity index (χ4n) is 2.43. The van der Waals surface area contributed by atoms with E-state index < -0.39 is 23.5 Å². The van der Waals surface area contributed by atoms with Crippen LogP contribution in [-0.4, -0.2) is 28.4 Å². The van der Waals surface area contributed by atoms with Crippen molar-refractivity contribution in [3.05, 3.63) is 57.3 Å². The molecule has 0 bridgehead atoms. The minimum atomic E-state index is -4.42. The highest BCUT2D eigenvalue weighted by molar-refractivity contribution is 9.10. The quantitative estimate of drug-likeness (QED) is 0.480. The summed E-state index contributed by atoms with van der Waals surface area (Å²) in [5.41, 5.74) is -0.0292. The summed E-state index contributed by atoms with van der Waals surface area (Å²) < 4.78 is 42.9. The van der Waals surface area contributed by atoms with Crippen LogP contribution >= 0.6 is 15.9 Å². The highest BCUT2D eigenvalue weighted by atomic mass is 79.9. The van der Waals surface area contributed by atoms with Crippen molar-refractivity contribution in [3.8, 4) is 5.75 Å². The number of carbonyl (C=O) groups is 2. The average molecular weight is 460 g/mol. The second-order valence-corrected chi connectivity index (χ2v) is 6.75. The molecular formula is C19H17BrF3NO4. The maximum atomic E-state index is 12.6. The molecule has 0 spiro atoms. The molecule has 0 aliphatic carbocycles. The molecule has 0 saturated carbocycles. The summed E-state index contributed by atoms with van der Waals surface area (Å²) in [6.45, 7) is 1.85. The van der Waals surface area contributed by atoms with Crippen LogP contribution in [0.2, 0.25) is 0 Å². The van der Waals surface area contributed by atoms with Crippen molar-refractivity contribution >= 4 is 27.7 Å². The second-order valence-electron chi connectivity index (χ2n) is 5.89. The molecular weight excluding hydrogens is 443 g/mol. The van der Waals surface area contributed by atoms with Crippen LogP contribution in [0, 0.1) is 0 Å². The molecule has 0 unspecified atom stereocenters. The third-order valence-corrected chi connectivity index (χ3v) is 4.40. The van der Waals surface area contributed by atoms with E-state index in [1.54, 1.807) is 6.92 Å². The molecule has 0 saturated heterocycles. The Labute approximate surface area is 167 Å². The zero-order valence-corrected chi connectivity index (χ0v) is 16.4. The number of nitrogens with zero attached hydrogens (tertiary/aromatic N) is 1. The summed E-state index contributed by atoms with van der Waals surface area (Å²) >= 11 is 3.14. The molecule has 0 radical (unpaired) electrons. The Hall–Kier alpha value is -2.42. The first-order valence-corrected chi connectivity index (χ1v) is 9.14. The van der Waals surface area contributed by atoms with Crippen molar-refractivity contribution in [2.45, 2.75) is 32.4 Å². The number of carbonyl (C=O) groups excluding carboxylic acids is 2. The predicted octanol–water partition coefficient (Wildman–Crippen LogP) is 4.69. The lowest BCUT2D eigenvalue weighted by Gasteiger charge is -2.10. The predicted molar refractivity (Wildman–Crippen MR) is 98.0 cm³/mol. The van der Waals surface area contributed by atoms with Gasteiger partial charge in [-0.3, -0.25) is 9.59 Å². The number of ether oxygens (including phenoxy) is 1. The SMILES string of the molecule is CCOC(=O)CCC(=O)c1nc(Cc2ccc(C(F)(F)F)cc2)cc(Br)c1O. The van der Waals surface area contributed by atoms with Gasteiger partial charge in [-0.1, -0.05) is 12.1 Å². The van der Waals surface area contributed by atoms with Crippen LogP contribution in [0.1, 0.15) is 47.1 Å². The van der Waals surface area contributed by atoms with Gasteiger partial charge in [-0.15, -0.1) is 0 Å². The van der Waals surface area contributed by atoms with Crippen molar-refractivity contribution in [2.24, 2.45) is 0 Å². The number of hydrogen-bond donors (Lipinski definition) is 1. The summed E-state index contributed by atoms with van der Waals surface area (Å²) in [7, 11) is 0. The Morgan fingerprint density at radius 2 is 1.82 bits per heavy atom. The normalized spacial score (nSPS) is 11.3. The maximum Gasteiger partial charge on any atom is 0.416 e. The van der Waals surface area contributed by atoms with Gasteiger partial charge in [-0.25, -0.2) is 4.98 Å². The molecule has 5 nitrogen and oxygen atoms in total. The first-order valence-electron chi connectivity index (χ1n) is 8.35. The van der Waals surface area contributed by atoms with Gasteiger partial charge in [-0.2, -0.15) is 13.2 Å². The molecule has 0 atom stereocenters. The highest BCUT2D eigenvalue weighted by Crippen LogP contribution is 2.31. The van der Waals surface area contributed by atoms with Gasteiger partial charge in [-0.05, 0) is 46.6 Å². The number of Topliss-reactive ketones (excluding diaryl/α,β-unsaturated/α-hetero) is 1. The molecule has 28 heavy (non-hydrogen) atoms. The first-order chi connectivity index (χ1) is 13.1. The third kappa shape index (κ3) is 5.79. The molecule has 2 rings (SSSR count). The minimum Gasteiger partial charge on any atom is -0.504 e. The van der Waals surface area contributed by atoms with Gasteiger partial charge in [0, 0.05) is 18.5 Å². The monoisotopic (exact) mass is 459 g/mol. The Bertz CT molecular complexity index is 867. The molecule has 0 amide bonds. The highest BCUT2D eigenvalue weighted by Gasteiger charge is 2.30. The second kappa shape index (κ2) is 9.18. The lowest BCUT2D eigenvalue weighted by atomic mass is 10.1. The zero-order valence-electron chi connectivity index (χ0n) is 14.8. The van der Waals surface area contributed by atoms with Crippen LogP contribution in [0.3, 0.4) is 0 Å². The Morgan fingerprint density at radius 1 is 1.18 bits per heavy atom. The van der Waals surface area contributed by atoms with E-state index in [0.29, 0.717) is 11.3 Å². The van der Waals surface area contributed by atoms with E-state index in [2.05, 4.69) is 20.9 Å². The van der Waals surface area contributed by atoms with Crippen molar-refractivity contribution in [2.75, 3.05) is 6.61 Å². The fourth-order valence-corrected chi connectivity index (χ4v) is 2.88. The van der Waals surface area contributed by atoms with Crippen LogP contribution in [-0.2, 0) is 22.1 Å². The summed E-state index contributed by atoms with van der Waals surface area (Å²) in [4.78, 5) is 27.8. The van der Waals surface area contributed by atoms with Crippen molar-refractivity contribution in [1.29, 1.82) is 0 Å². The molecule has 0 aliphatic rings. The average Bonchev–Trinajstić information content (AvgIpc) is 2.62. The lowest BCUT2D eigenvalue weighted by Crippen LogP contribution is -2.10. The summed E-state index contributed by atoms with van der Waals surface area (Å²) in [5.74, 6) is -1.43. The molecule has 1 N–H and O–H groups in total. The van der Waals surface area contributed by atoms with Gasteiger partial charge >= 0.3 is 12.1 Å². The van der Waals surface area contributed by atoms with Gasteiger partial charge in [0.25, 0.3) is 0 Å². The zero-order chi connectivity index (χ0) is 20.9. The first kappa shape index (κ1) is 21.9. The number of aromatic nitrogens is 1. The van der Waals surface area contributed by atoms with E-state index in [9.17, 15) is 27.9 Å². The number of pyridine rings is 1. The molecule has 1 aromatic carbocycles. The molecule has 0 aliphatic heterocycles. The lowest BCUT2D eigenvalue weighted by molar-refractivity contribution is -0.143. The Kier molecular flexibility index (Phi) is 7.17. The van der Waals surface area contributed by atoms with Crippen molar-refractivity contribution < 1.29 is 32.6 Å². The molecule has 9 heteroatoms. The van der Waals surface area contributed by atoms with E-state index in [1.165, 1.54) is 18.2 Å². The largest absolute Gasteiger partial charge is 0.504 e. The number of benzene rings is 1. The Morgan fingerprint density at radius 3 is 2.39 bits per heavy atom. The molecule has 0 fully saturated rings. The molecule has 1 heterocycles. The standard InChI is InChI=1S/C19H17BrF3NO4/c1-2-28-16(26)8-7-15(25)17-18(27)14(20)10-13(24-17)9-11-3-5-12(6-4-11)19(21,22)23/h3-6,10,27H,2,7-9H2,1H3. The van der Waals surface area contributed by atoms with E-state index >= 15 is 0 Å². The van der Waals surface area contributed by atoms with Crippen LogP contribution in [0.15, 0.2) is 34.8 Å². The number of aromatic hydroxyl groups is 1. The van der Waals surface area contributed by atoms with Gasteiger partial charge in [0.1, 0.15) is 5.69 Å². The number of ketones is 1. The van der Waals surface area contributed by atoms with Gasteiger partial charge in [0.15, 0.2) is 11.5 Å². The van der Waals surface area contributed by atoms with Crippen LogP contribution in [0.5, 0.6) is 5.75 Å². The summed E-state index contributed by atoms with van der Waals surface area (Å²) in [6.07, 6.45) is -4.59.